The molecule has 6 heteroatoms. The molecule has 5 nitrogen and oxygen atoms in total. The van der Waals surface area contributed by atoms with E-state index in [1.165, 1.54) is 11.1 Å². The van der Waals surface area contributed by atoms with Crippen LogP contribution in [0.15, 0.2) is 60.7 Å². The van der Waals surface area contributed by atoms with E-state index >= 15 is 0 Å². The van der Waals surface area contributed by atoms with Gasteiger partial charge in [-0.25, -0.2) is 0 Å². The van der Waals surface area contributed by atoms with Crippen molar-refractivity contribution in [3.63, 3.8) is 0 Å². The Balaban J connectivity index is 1.26. The van der Waals surface area contributed by atoms with E-state index in [0.29, 0.717) is 19.0 Å². The highest BCUT2D eigenvalue weighted by Gasteiger charge is 2.41. The predicted molar refractivity (Wildman–Crippen MR) is 128 cm³/mol. The third-order valence-corrected chi connectivity index (χ3v) is 8.14. The van der Waals surface area contributed by atoms with Gasteiger partial charge in [-0.3, -0.25) is 14.5 Å². The van der Waals surface area contributed by atoms with Crippen LogP contribution in [0.1, 0.15) is 36.4 Å². The minimum absolute atomic E-state index is 0.137. The molecular weight excluding hydrogens is 418 g/mol. The molecule has 168 valence electrons. The topological polar surface area (TPSA) is 43.9 Å². The first-order chi connectivity index (χ1) is 15.7. The molecule has 2 aromatic carbocycles. The lowest BCUT2D eigenvalue weighted by atomic mass is 9.84. The summed E-state index contributed by atoms with van der Waals surface area (Å²) in [5, 5.41) is 0. The number of nitrogens with zero attached hydrogens (tertiary/aromatic N) is 3. The van der Waals surface area contributed by atoms with E-state index in [4.69, 9.17) is 0 Å². The Hall–Kier alpha value is -2.31. The maximum atomic E-state index is 13.4. The van der Waals surface area contributed by atoms with Gasteiger partial charge in [-0.1, -0.05) is 67.1 Å². The number of amides is 2. The second kappa shape index (κ2) is 9.67. The molecule has 0 aromatic heterocycles. The number of piperazine rings is 1. The Morgan fingerprint density at radius 2 is 1.41 bits per heavy atom. The number of hydrogen-bond donors (Lipinski definition) is 0. The average Bonchev–Trinajstić information content (AvgIpc) is 3.30. The molecular formula is C26H31N3O2S. The van der Waals surface area contributed by atoms with E-state index < -0.39 is 0 Å². The van der Waals surface area contributed by atoms with Crippen molar-refractivity contribution in [2.75, 3.05) is 37.8 Å². The first kappa shape index (κ1) is 21.5. The molecule has 0 radical (unpaired) electrons. The molecule has 3 aliphatic rings. The van der Waals surface area contributed by atoms with Crippen LogP contribution in [0, 0.1) is 5.92 Å². The van der Waals surface area contributed by atoms with Crippen molar-refractivity contribution in [2.45, 2.75) is 31.3 Å². The van der Waals surface area contributed by atoms with Gasteiger partial charge in [0, 0.05) is 37.8 Å². The second-order valence-corrected chi connectivity index (χ2v) is 10.0. The van der Waals surface area contributed by atoms with Gasteiger partial charge in [-0.05, 0) is 24.0 Å². The van der Waals surface area contributed by atoms with Crippen LogP contribution in [0.25, 0.3) is 0 Å². The van der Waals surface area contributed by atoms with Gasteiger partial charge < -0.3 is 9.80 Å². The molecule has 2 saturated heterocycles. The molecule has 5 rings (SSSR count). The summed E-state index contributed by atoms with van der Waals surface area (Å²) in [6.07, 6.45) is 3.11. The summed E-state index contributed by atoms with van der Waals surface area (Å²) in [4.78, 5) is 32.5. The number of carbonyl (C=O) groups excluding carboxylic acids is 2. The number of carbonyl (C=O) groups is 2. The van der Waals surface area contributed by atoms with Crippen LogP contribution in [0.2, 0.25) is 0 Å². The monoisotopic (exact) mass is 449 g/mol. The summed E-state index contributed by atoms with van der Waals surface area (Å²) in [5.74, 6) is 1.88. The molecule has 3 fully saturated rings. The third kappa shape index (κ3) is 4.30. The fourth-order valence-corrected chi connectivity index (χ4v) is 6.21. The third-order valence-electron chi connectivity index (χ3n) is 7.13. The Morgan fingerprint density at radius 1 is 0.812 bits per heavy atom. The molecule has 1 aliphatic carbocycles. The van der Waals surface area contributed by atoms with Gasteiger partial charge in [0.15, 0.2) is 0 Å². The molecule has 32 heavy (non-hydrogen) atoms. The molecule has 1 unspecified atom stereocenters. The van der Waals surface area contributed by atoms with E-state index in [1.54, 1.807) is 11.8 Å². The zero-order chi connectivity index (χ0) is 21.9. The standard InChI is InChI=1S/C26H31N3O2S/c30-25(22-12-7-13-22)29-19-32-18-23(29)26(31)28-16-14-27(15-17-28)24(20-8-3-1-4-9-20)21-10-5-2-6-11-21/h1-6,8-11,22-24H,7,12-19H2. The van der Waals surface area contributed by atoms with Crippen molar-refractivity contribution >= 4 is 23.6 Å². The Kier molecular flexibility index (Phi) is 6.51. The average molecular weight is 450 g/mol. The van der Waals surface area contributed by atoms with Gasteiger partial charge in [-0.2, -0.15) is 0 Å². The molecule has 2 aromatic rings. The van der Waals surface area contributed by atoms with E-state index in [-0.39, 0.29) is 29.8 Å². The molecule has 1 atom stereocenters. The number of rotatable bonds is 5. The summed E-state index contributed by atoms with van der Waals surface area (Å²) >= 11 is 1.71. The SMILES string of the molecule is O=C(C1CSCN1C(=O)C1CCC1)N1CCN(C(c2ccccc2)c2ccccc2)CC1. The van der Waals surface area contributed by atoms with Gasteiger partial charge in [0.1, 0.15) is 6.04 Å². The minimum Gasteiger partial charge on any atom is -0.338 e. The Labute approximate surface area is 194 Å². The summed E-state index contributed by atoms with van der Waals surface area (Å²) in [6, 6.07) is 21.1. The largest absolute Gasteiger partial charge is 0.338 e. The Bertz CT molecular complexity index is 887. The lowest BCUT2D eigenvalue weighted by Gasteiger charge is -2.41. The van der Waals surface area contributed by atoms with E-state index in [9.17, 15) is 9.59 Å². The fourth-order valence-electron chi connectivity index (χ4n) is 5.05. The summed E-state index contributed by atoms with van der Waals surface area (Å²) in [7, 11) is 0. The van der Waals surface area contributed by atoms with Gasteiger partial charge in [0.05, 0.1) is 11.9 Å². The maximum absolute atomic E-state index is 13.4. The van der Waals surface area contributed by atoms with Crippen molar-refractivity contribution in [1.29, 1.82) is 0 Å². The first-order valence-corrected chi connectivity index (χ1v) is 12.9. The maximum Gasteiger partial charge on any atom is 0.246 e. The molecule has 2 heterocycles. The molecule has 1 saturated carbocycles. The number of hydrogen-bond acceptors (Lipinski definition) is 4. The molecule has 0 N–H and O–H groups in total. The van der Waals surface area contributed by atoms with Crippen molar-refractivity contribution in [1.82, 2.24) is 14.7 Å². The van der Waals surface area contributed by atoms with Crippen LogP contribution in [0.5, 0.6) is 0 Å². The lowest BCUT2D eigenvalue weighted by Crippen LogP contribution is -2.56. The highest BCUT2D eigenvalue weighted by atomic mass is 32.2. The smallest absolute Gasteiger partial charge is 0.246 e. The lowest BCUT2D eigenvalue weighted by molar-refractivity contribution is -0.148. The predicted octanol–water partition coefficient (Wildman–Crippen LogP) is 3.62. The van der Waals surface area contributed by atoms with E-state index in [0.717, 1.165) is 38.1 Å². The molecule has 0 spiro atoms. The normalized spacial score (nSPS) is 22.2. The van der Waals surface area contributed by atoms with Gasteiger partial charge in [-0.15, -0.1) is 11.8 Å². The van der Waals surface area contributed by atoms with Crippen molar-refractivity contribution in [2.24, 2.45) is 5.92 Å². The molecule has 0 bridgehead atoms. The quantitative estimate of drug-likeness (QED) is 0.699. The van der Waals surface area contributed by atoms with Crippen LogP contribution in [-0.4, -0.2) is 70.4 Å². The van der Waals surface area contributed by atoms with E-state index in [1.807, 2.05) is 9.80 Å². The highest BCUT2D eigenvalue weighted by Crippen LogP contribution is 2.33. The van der Waals surface area contributed by atoms with Crippen LogP contribution >= 0.6 is 11.8 Å². The van der Waals surface area contributed by atoms with Crippen molar-refractivity contribution in [3.05, 3.63) is 71.8 Å². The van der Waals surface area contributed by atoms with Gasteiger partial charge in [0.25, 0.3) is 0 Å². The minimum atomic E-state index is -0.279. The zero-order valence-electron chi connectivity index (χ0n) is 18.4. The molecule has 2 aliphatic heterocycles. The summed E-state index contributed by atoms with van der Waals surface area (Å²) in [5.41, 5.74) is 2.56. The van der Waals surface area contributed by atoms with Crippen LogP contribution < -0.4 is 0 Å². The van der Waals surface area contributed by atoms with Crippen LogP contribution in [0.3, 0.4) is 0 Å². The summed E-state index contributed by atoms with van der Waals surface area (Å²) in [6.45, 7) is 3.08. The van der Waals surface area contributed by atoms with Crippen LogP contribution in [0.4, 0.5) is 0 Å². The number of thioether (sulfide) groups is 1. The van der Waals surface area contributed by atoms with Gasteiger partial charge >= 0.3 is 0 Å². The fraction of sp³-hybridized carbons (Fsp3) is 0.462. The zero-order valence-corrected chi connectivity index (χ0v) is 19.3. The second-order valence-electron chi connectivity index (χ2n) is 9.04. The van der Waals surface area contributed by atoms with Crippen molar-refractivity contribution in [3.8, 4) is 0 Å². The van der Waals surface area contributed by atoms with Crippen LogP contribution in [-0.2, 0) is 9.59 Å². The Morgan fingerprint density at radius 3 is 1.94 bits per heavy atom. The first-order valence-electron chi connectivity index (χ1n) is 11.7. The number of benzene rings is 2. The van der Waals surface area contributed by atoms with Gasteiger partial charge in [0.2, 0.25) is 11.8 Å². The van der Waals surface area contributed by atoms with E-state index in [2.05, 4.69) is 65.6 Å². The summed E-state index contributed by atoms with van der Waals surface area (Å²) < 4.78 is 0. The molecule has 2 amide bonds. The highest BCUT2D eigenvalue weighted by molar-refractivity contribution is 7.99. The van der Waals surface area contributed by atoms with Crippen molar-refractivity contribution < 1.29 is 9.59 Å².